The second-order valence-corrected chi connectivity index (χ2v) is 5.13. The van der Waals surface area contributed by atoms with E-state index in [2.05, 4.69) is 5.32 Å². The molecule has 0 aliphatic carbocycles. The predicted octanol–water partition coefficient (Wildman–Crippen LogP) is 1.11. The van der Waals surface area contributed by atoms with E-state index in [-0.39, 0.29) is 18.1 Å². The number of hydrogen-bond acceptors (Lipinski definition) is 5. The molecule has 1 N–H and O–H groups in total. The van der Waals surface area contributed by atoms with Crippen LogP contribution in [-0.4, -0.2) is 50.1 Å². The van der Waals surface area contributed by atoms with Crippen LogP contribution in [0.3, 0.4) is 0 Å². The second-order valence-electron chi connectivity index (χ2n) is 5.13. The van der Waals surface area contributed by atoms with Gasteiger partial charge in [0.1, 0.15) is 11.6 Å². The Hall–Kier alpha value is -0.650. The first-order chi connectivity index (χ1) is 8.48. The Labute approximate surface area is 109 Å². The number of carbonyl (C=O) groups excluding carboxylic acids is 1. The van der Waals surface area contributed by atoms with Crippen LogP contribution in [0.25, 0.3) is 0 Å². The van der Waals surface area contributed by atoms with E-state index in [9.17, 15) is 4.79 Å². The molecule has 1 rings (SSSR count). The highest BCUT2D eigenvalue weighted by Crippen LogP contribution is 2.15. The Bertz CT molecular complexity index is 266. The Balaban J connectivity index is 2.44. The van der Waals surface area contributed by atoms with Crippen molar-refractivity contribution in [1.82, 2.24) is 5.32 Å². The molecule has 106 valence electrons. The van der Waals surface area contributed by atoms with E-state index in [0.29, 0.717) is 32.8 Å². The fourth-order valence-electron chi connectivity index (χ4n) is 1.90. The quantitative estimate of drug-likeness (QED) is 0.662. The summed E-state index contributed by atoms with van der Waals surface area (Å²) < 4.78 is 15.8. The molecule has 0 aromatic heterocycles. The van der Waals surface area contributed by atoms with Gasteiger partial charge in [0.05, 0.1) is 19.8 Å². The molecule has 0 amide bonds. The van der Waals surface area contributed by atoms with Gasteiger partial charge in [0.15, 0.2) is 0 Å². The average molecular weight is 259 g/mol. The van der Waals surface area contributed by atoms with Crippen LogP contribution in [0.1, 0.15) is 34.1 Å². The van der Waals surface area contributed by atoms with Gasteiger partial charge in [-0.2, -0.15) is 0 Å². The number of rotatable bonds is 8. The van der Waals surface area contributed by atoms with Gasteiger partial charge < -0.3 is 14.2 Å². The molecule has 1 aliphatic heterocycles. The molecular formula is C13H25NO4. The summed E-state index contributed by atoms with van der Waals surface area (Å²) in [6, 6.07) is 0.214. The lowest BCUT2D eigenvalue weighted by Crippen LogP contribution is -2.54. The zero-order valence-corrected chi connectivity index (χ0v) is 11.8. The highest BCUT2D eigenvalue weighted by molar-refractivity contribution is 5.80. The SMILES string of the molecule is CCOC(=O)C(C)(CCOC1COC1)NC(C)C. The highest BCUT2D eigenvalue weighted by Gasteiger charge is 2.35. The Morgan fingerprint density at radius 3 is 2.61 bits per heavy atom. The van der Waals surface area contributed by atoms with E-state index >= 15 is 0 Å². The van der Waals surface area contributed by atoms with Gasteiger partial charge in [-0.15, -0.1) is 0 Å². The van der Waals surface area contributed by atoms with E-state index < -0.39 is 5.54 Å². The molecule has 0 radical (unpaired) electrons. The van der Waals surface area contributed by atoms with Crippen LogP contribution < -0.4 is 5.32 Å². The zero-order chi connectivity index (χ0) is 13.6. The Kier molecular flexibility index (Phi) is 6.05. The van der Waals surface area contributed by atoms with Crippen molar-refractivity contribution in [3.05, 3.63) is 0 Å². The number of hydrogen-bond donors (Lipinski definition) is 1. The molecular weight excluding hydrogens is 234 g/mol. The summed E-state index contributed by atoms with van der Waals surface area (Å²) in [5, 5.41) is 3.26. The molecule has 0 bridgehead atoms. The molecule has 0 spiro atoms. The smallest absolute Gasteiger partial charge is 0.326 e. The largest absolute Gasteiger partial charge is 0.465 e. The summed E-state index contributed by atoms with van der Waals surface area (Å²) in [6.45, 7) is 9.95. The van der Waals surface area contributed by atoms with Gasteiger partial charge in [-0.25, -0.2) is 0 Å². The average Bonchev–Trinajstić information content (AvgIpc) is 2.21. The second kappa shape index (κ2) is 7.07. The van der Waals surface area contributed by atoms with Gasteiger partial charge in [0.2, 0.25) is 0 Å². The van der Waals surface area contributed by atoms with Gasteiger partial charge >= 0.3 is 5.97 Å². The molecule has 0 saturated carbocycles. The molecule has 1 fully saturated rings. The van der Waals surface area contributed by atoms with Crippen LogP contribution in [0.2, 0.25) is 0 Å². The number of ether oxygens (including phenoxy) is 3. The van der Waals surface area contributed by atoms with Crippen LogP contribution in [0.4, 0.5) is 0 Å². The first-order valence-electron chi connectivity index (χ1n) is 6.62. The van der Waals surface area contributed by atoms with E-state index in [1.165, 1.54) is 0 Å². The van der Waals surface area contributed by atoms with Crippen LogP contribution in [0, 0.1) is 0 Å². The van der Waals surface area contributed by atoms with Crippen molar-refractivity contribution in [3.8, 4) is 0 Å². The van der Waals surface area contributed by atoms with Crippen molar-refractivity contribution in [1.29, 1.82) is 0 Å². The van der Waals surface area contributed by atoms with Gasteiger partial charge in [-0.1, -0.05) is 0 Å². The van der Waals surface area contributed by atoms with Gasteiger partial charge in [-0.05, 0) is 34.1 Å². The molecule has 5 nitrogen and oxygen atoms in total. The third-order valence-corrected chi connectivity index (χ3v) is 2.90. The van der Waals surface area contributed by atoms with Gasteiger partial charge in [0, 0.05) is 12.6 Å². The normalized spacial score (nSPS) is 19.4. The summed E-state index contributed by atoms with van der Waals surface area (Å²) in [6.07, 6.45) is 0.788. The summed E-state index contributed by atoms with van der Waals surface area (Å²) in [7, 11) is 0. The monoisotopic (exact) mass is 259 g/mol. The molecule has 1 atom stereocenters. The van der Waals surface area contributed by atoms with Gasteiger partial charge in [-0.3, -0.25) is 10.1 Å². The number of nitrogens with one attached hydrogen (secondary N) is 1. The topological polar surface area (TPSA) is 56.8 Å². The van der Waals surface area contributed by atoms with E-state index in [1.54, 1.807) is 0 Å². The third kappa shape index (κ3) is 4.55. The first-order valence-corrected chi connectivity index (χ1v) is 6.62. The molecule has 1 heterocycles. The van der Waals surface area contributed by atoms with Crippen molar-refractivity contribution in [2.45, 2.75) is 51.8 Å². The Morgan fingerprint density at radius 1 is 1.50 bits per heavy atom. The van der Waals surface area contributed by atoms with Gasteiger partial charge in [0.25, 0.3) is 0 Å². The molecule has 0 aromatic rings. The zero-order valence-electron chi connectivity index (χ0n) is 11.8. The predicted molar refractivity (Wildman–Crippen MR) is 68.5 cm³/mol. The summed E-state index contributed by atoms with van der Waals surface area (Å²) in [4.78, 5) is 12.0. The maximum atomic E-state index is 12.0. The Morgan fingerprint density at radius 2 is 2.17 bits per heavy atom. The third-order valence-electron chi connectivity index (χ3n) is 2.90. The fraction of sp³-hybridized carbons (Fsp3) is 0.923. The van der Waals surface area contributed by atoms with Crippen LogP contribution in [-0.2, 0) is 19.0 Å². The standard InChI is InChI=1S/C13H25NO4/c1-5-17-12(15)13(4,14-10(2)3)6-7-18-11-8-16-9-11/h10-11,14H,5-9H2,1-4H3. The minimum absolute atomic E-state index is 0.190. The minimum Gasteiger partial charge on any atom is -0.465 e. The first kappa shape index (κ1) is 15.4. The van der Waals surface area contributed by atoms with Crippen LogP contribution in [0.5, 0.6) is 0 Å². The lowest BCUT2D eigenvalue weighted by Gasteiger charge is -2.32. The molecule has 1 aliphatic rings. The lowest BCUT2D eigenvalue weighted by atomic mass is 9.97. The van der Waals surface area contributed by atoms with E-state index in [4.69, 9.17) is 14.2 Å². The maximum absolute atomic E-state index is 12.0. The van der Waals surface area contributed by atoms with Crippen LogP contribution in [0.15, 0.2) is 0 Å². The molecule has 18 heavy (non-hydrogen) atoms. The maximum Gasteiger partial charge on any atom is 0.326 e. The van der Waals surface area contributed by atoms with Crippen molar-refractivity contribution in [2.75, 3.05) is 26.4 Å². The van der Waals surface area contributed by atoms with Crippen molar-refractivity contribution in [2.24, 2.45) is 0 Å². The number of carbonyl (C=O) groups is 1. The molecule has 1 saturated heterocycles. The van der Waals surface area contributed by atoms with E-state index in [0.717, 1.165) is 0 Å². The van der Waals surface area contributed by atoms with Crippen molar-refractivity contribution < 1.29 is 19.0 Å². The molecule has 1 unspecified atom stereocenters. The molecule has 5 heteroatoms. The lowest BCUT2D eigenvalue weighted by molar-refractivity contribution is -0.155. The highest BCUT2D eigenvalue weighted by atomic mass is 16.6. The summed E-state index contributed by atoms with van der Waals surface area (Å²) in [5.41, 5.74) is -0.686. The molecule has 0 aromatic carbocycles. The number of esters is 1. The fourth-order valence-corrected chi connectivity index (χ4v) is 1.90. The summed E-state index contributed by atoms with van der Waals surface area (Å²) in [5.74, 6) is -0.216. The van der Waals surface area contributed by atoms with Crippen LogP contribution >= 0.6 is 0 Å². The summed E-state index contributed by atoms with van der Waals surface area (Å²) >= 11 is 0. The minimum atomic E-state index is -0.686. The van der Waals surface area contributed by atoms with E-state index in [1.807, 2.05) is 27.7 Å². The van der Waals surface area contributed by atoms with Crippen molar-refractivity contribution in [3.63, 3.8) is 0 Å². The van der Waals surface area contributed by atoms with Crippen molar-refractivity contribution >= 4 is 5.97 Å².